The molecule has 0 atom stereocenters. The van der Waals surface area contributed by atoms with Crippen LogP contribution in [0.15, 0.2) is 40.2 Å². The molecule has 0 radical (unpaired) electrons. The minimum Gasteiger partial charge on any atom is -0.465 e. The van der Waals surface area contributed by atoms with E-state index in [-0.39, 0.29) is 30.4 Å². The summed E-state index contributed by atoms with van der Waals surface area (Å²) in [5.41, 5.74) is -0.112. The molecule has 8 nitrogen and oxygen atoms in total. The first-order valence-electron chi connectivity index (χ1n) is 9.65. The molecule has 0 unspecified atom stereocenters. The Balaban J connectivity index is 2.02. The van der Waals surface area contributed by atoms with Crippen molar-refractivity contribution in [1.82, 2.24) is 18.7 Å². The van der Waals surface area contributed by atoms with Crippen molar-refractivity contribution in [3.63, 3.8) is 0 Å². The SMILES string of the molecule is CCOC(=O)Cn1cnc2c1c(=O)n(C1CCCC1)c(=O)n2-c1ccccc1Cl. The molecule has 1 aliphatic rings. The summed E-state index contributed by atoms with van der Waals surface area (Å²) in [6, 6.07) is 6.73. The van der Waals surface area contributed by atoms with E-state index in [4.69, 9.17) is 16.3 Å². The molecule has 152 valence electrons. The van der Waals surface area contributed by atoms with Crippen molar-refractivity contribution in [3.05, 3.63) is 56.5 Å². The molecule has 1 saturated carbocycles. The fraction of sp³-hybridized carbons (Fsp3) is 0.400. The molecule has 0 amide bonds. The predicted octanol–water partition coefficient (Wildman–Crippen LogP) is 2.68. The molecule has 2 heterocycles. The van der Waals surface area contributed by atoms with Gasteiger partial charge in [-0.3, -0.25) is 14.2 Å². The Labute approximate surface area is 171 Å². The van der Waals surface area contributed by atoms with Gasteiger partial charge in [0.2, 0.25) is 0 Å². The number of imidazole rings is 1. The summed E-state index contributed by atoms with van der Waals surface area (Å²) in [4.78, 5) is 43.0. The molecule has 0 aliphatic heterocycles. The van der Waals surface area contributed by atoms with Crippen molar-refractivity contribution >= 4 is 28.7 Å². The molecule has 2 aromatic heterocycles. The number of ether oxygens (including phenoxy) is 1. The Hall–Kier alpha value is -2.87. The van der Waals surface area contributed by atoms with Crippen LogP contribution in [0.1, 0.15) is 38.6 Å². The number of carbonyl (C=O) groups is 1. The van der Waals surface area contributed by atoms with Crippen molar-refractivity contribution < 1.29 is 9.53 Å². The summed E-state index contributed by atoms with van der Waals surface area (Å²) in [5.74, 6) is -0.478. The summed E-state index contributed by atoms with van der Waals surface area (Å²) in [5, 5.41) is 0.368. The van der Waals surface area contributed by atoms with Gasteiger partial charge in [0.05, 0.1) is 23.6 Å². The first-order valence-corrected chi connectivity index (χ1v) is 10.0. The Morgan fingerprint density at radius 3 is 2.66 bits per heavy atom. The summed E-state index contributed by atoms with van der Waals surface area (Å²) in [6.07, 6.45) is 4.82. The average molecular weight is 417 g/mol. The van der Waals surface area contributed by atoms with E-state index in [0.29, 0.717) is 10.7 Å². The molecular formula is C20H21ClN4O4. The van der Waals surface area contributed by atoms with Crippen molar-refractivity contribution in [3.8, 4) is 5.69 Å². The third kappa shape index (κ3) is 3.37. The van der Waals surface area contributed by atoms with Crippen LogP contribution in [0.5, 0.6) is 0 Å². The maximum Gasteiger partial charge on any atom is 0.337 e. The highest BCUT2D eigenvalue weighted by Crippen LogP contribution is 2.28. The van der Waals surface area contributed by atoms with Crippen LogP contribution in [0.25, 0.3) is 16.9 Å². The number of esters is 1. The predicted molar refractivity (Wildman–Crippen MR) is 109 cm³/mol. The number of benzene rings is 1. The third-order valence-corrected chi connectivity index (χ3v) is 5.56. The summed E-state index contributed by atoms with van der Waals surface area (Å²) in [7, 11) is 0. The van der Waals surface area contributed by atoms with Crippen LogP contribution >= 0.6 is 11.6 Å². The lowest BCUT2D eigenvalue weighted by Crippen LogP contribution is -2.42. The lowest BCUT2D eigenvalue weighted by Gasteiger charge is -2.17. The van der Waals surface area contributed by atoms with Gasteiger partial charge in [0.25, 0.3) is 5.56 Å². The van der Waals surface area contributed by atoms with Gasteiger partial charge < -0.3 is 9.30 Å². The normalized spacial score (nSPS) is 14.6. The van der Waals surface area contributed by atoms with E-state index in [2.05, 4.69) is 4.98 Å². The molecule has 3 aromatic rings. The van der Waals surface area contributed by atoms with E-state index in [1.807, 2.05) is 0 Å². The van der Waals surface area contributed by atoms with Crippen LogP contribution < -0.4 is 11.2 Å². The van der Waals surface area contributed by atoms with Crippen LogP contribution in [0.2, 0.25) is 5.02 Å². The number of fused-ring (bicyclic) bond motifs is 1. The van der Waals surface area contributed by atoms with Gasteiger partial charge in [0, 0.05) is 6.04 Å². The molecule has 1 fully saturated rings. The van der Waals surface area contributed by atoms with Gasteiger partial charge in [0.15, 0.2) is 11.2 Å². The maximum absolute atomic E-state index is 13.4. The van der Waals surface area contributed by atoms with E-state index in [0.717, 1.165) is 25.7 Å². The average Bonchev–Trinajstić information content (AvgIpc) is 3.34. The molecule has 0 N–H and O–H groups in total. The van der Waals surface area contributed by atoms with Crippen molar-refractivity contribution in [1.29, 1.82) is 0 Å². The first kappa shape index (κ1) is 19.4. The topological polar surface area (TPSA) is 88.1 Å². The Morgan fingerprint density at radius 1 is 1.24 bits per heavy atom. The third-order valence-electron chi connectivity index (χ3n) is 5.24. The largest absolute Gasteiger partial charge is 0.465 e. The van der Waals surface area contributed by atoms with Crippen molar-refractivity contribution in [2.45, 2.75) is 45.2 Å². The molecule has 4 rings (SSSR count). The number of hydrogen-bond acceptors (Lipinski definition) is 5. The standard InChI is InChI=1S/C20H21ClN4O4/c1-2-29-16(26)11-23-12-22-18-17(23)19(27)24(13-7-3-4-8-13)20(28)25(18)15-10-6-5-9-14(15)21/h5-6,9-10,12-13H,2-4,7-8,11H2,1H3. The Morgan fingerprint density at radius 2 is 1.97 bits per heavy atom. The zero-order valence-corrected chi connectivity index (χ0v) is 16.8. The Bertz CT molecular complexity index is 1190. The van der Waals surface area contributed by atoms with E-state index < -0.39 is 17.2 Å². The zero-order chi connectivity index (χ0) is 20.5. The van der Waals surface area contributed by atoms with Crippen LogP contribution in [0, 0.1) is 0 Å². The van der Waals surface area contributed by atoms with Gasteiger partial charge in [-0.05, 0) is 31.9 Å². The number of para-hydroxylation sites is 1. The minimum absolute atomic E-state index is 0.162. The number of aromatic nitrogens is 4. The molecular weight excluding hydrogens is 396 g/mol. The molecule has 0 saturated heterocycles. The summed E-state index contributed by atoms with van der Waals surface area (Å²) < 4.78 is 9.10. The number of rotatable bonds is 5. The summed E-state index contributed by atoms with van der Waals surface area (Å²) in [6.45, 7) is 1.79. The monoisotopic (exact) mass is 416 g/mol. The highest BCUT2D eigenvalue weighted by atomic mass is 35.5. The van der Waals surface area contributed by atoms with Gasteiger partial charge in [0.1, 0.15) is 6.54 Å². The fourth-order valence-electron chi connectivity index (χ4n) is 3.95. The van der Waals surface area contributed by atoms with E-state index in [1.54, 1.807) is 31.2 Å². The van der Waals surface area contributed by atoms with Crippen LogP contribution in [-0.4, -0.2) is 31.3 Å². The first-order chi connectivity index (χ1) is 14.0. The van der Waals surface area contributed by atoms with E-state index in [9.17, 15) is 14.4 Å². The number of hydrogen-bond donors (Lipinski definition) is 0. The number of halogens is 1. The van der Waals surface area contributed by atoms with Gasteiger partial charge in [-0.2, -0.15) is 0 Å². The van der Waals surface area contributed by atoms with Crippen molar-refractivity contribution in [2.24, 2.45) is 0 Å². The van der Waals surface area contributed by atoms with Gasteiger partial charge in [-0.15, -0.1) is 0 Å². The maximum atomic E-state index is 13.4. The lowest BCUT2D eigenvalue weighted by atomic mass is 10.2. The number of nitrogens with zero attached hydrogens (tertiary/aromatic N) is 4. The van der Waals surface area contributed by atoms with Crippen LogP contribution in [0.4, 0.5) is 0 Å². The van der Waals surface area contributed by atoms with Crippen molar-refractivity contribution in [2.75, 3.05) is 6.61 Å². The second kappa shape index (κ2) is 7.87. The highest BCUT2D eigenvalue weighted by Gasteiger charge is 2.27. The molecule has 1 aliphatic carbocycles. The molecule has 29 heavy (non-hydrogen) atoms. The Kier molecular flexibility index (Phi) is 5.27. The quantitative estimate of drug-likeness (QED) is 0.596. The zero-order valence-electron chi connectivity index (χ0n) is 16.0. The second-order valence-corrected chi connectivity index (χ2v) is 7.44. The minimum atomic E-state index is -0.478. The summed E-state index contributed by atoms with van der Waals surface area (Å²) >= 11 is 6.36. The lowest BCUT2D eigenvalue weighted by molar-refractivity contribution is -0.143. The molecule has 0 bridgehead atoms. The van der Waals surface area contributed by atoms with Crippen LogP contribution in [-0.2, 0) is 16.1 Å². The van der Waals surface area contributed by atoms with Crippen LogP contribution in [0.3, 0.4) is 0 Å². The van der Waals surface area contributed by atoms with Gasteiger partial charge in [-0.25, -0.2) is 14.3 Å². The fourth-order valence-corrected chi connectivity index (χ4v) is 4.17. The highest BCUT2D eigenvalue weighted by molar-refractivity contribution is 6.32. The van der Waals surface area contributed by atoms with Gasteiger partial charge in [-0.1, -0.05) is 36.6 Å². The smallest absolute Gasteiger partial charge is 0.337 e. The second-order valence-electron chi connectivity index (χ2n) is 7.03. The van der Waals surface area contributed by atoms with E-state index in [1.165, 1.54) is 20.0 Å². The van der Waals surface area contributed by atoms with Gasteiger partial charge >= 0.3 is 11.7 Å². The molecule has 0 spiro atoms. The molecule has 1 aromatic carbocycles. The molecule has 9 heteroatoms. The number of carbonyl (C=O) groups excluding carboxylic acids is 1. The van der Waals surface area contributed by atoms with E-state index >= 15 is 0 Å².